The molecule has 0 aliphatic rings. The van der Waals surface area contributed by atoms with Gasteiger partial charge in [0.2, 0.25) is 23.6 Å². The number of nitrogens with one attached hydrogen (secondary N) is 3. The van der Waals surface area contributed by atoms with Crippen molar-refractivity contribution in [1.29, 1.82) is 0 Å². The van der Waals surface area contributed by atoms with Crippen molar-refractivity contribution >= 4 is 29.6 Å². The zero-order chi connectivity index (χ0) is 25.2. The number of carboxylic acids is 1. The van der Waals surface area contributed by atoms with Gasteiger partial charge >= 0.3 is 5.97 Å². The predicted molar refractivity (Wildman–Crippen MR) is 119 cm³/mol. The fraction of sp³-hybridized carbons (Fsp3) is 0.762. The lowest BCUT2D eigenvalue weighted by Gasteiger charge is -2.29. The first-order chi connectivity index (χ1) is 14.8. The quantitative estimate of drug-likeness (QED) is 0.202. The van der Waals surface area contributed by atoms with Crippen LogP contribution in [0, 0.1) is 17.8 Å². The lowest BCUT2D eigenvalue weighted by atomic mass is 9.95. The van der Waals surface area contributed by atoms with Gasteiger partial charge in [-0.15, -0.1) is 0 Å². The summed E-state index contributed by atoms with van der Waals surface area (Å²) in [7, 11) is 0. The van der Waals surface area contributed by atoms with Gasteiger partial charge in [0.15, 0.2) is 0 Å². The fourth-order valence-corrected chi connectivity index (χ4v) is 2.86. The van der Waals surface area contributed by atoms with Crippen molar-refractivity contribution in [2.24, 2.45) is 29.2 Å². The molecule has 0 bridgehead atoms. The van der Waals surface area contributed by atoms with E-state index in [1.807, 2.05) is 6.92 Å². The molecule has 184 valence electrons. The first-order valence-corrected chi connectivity index (χ1v) is 10.9. The Hall–Kier alpha value is -2.69. The maximum absolute atomic E-state index is 12.9. The molecular weight excluding hydrogens is 418 g/mol. The van der Waals surface area contributed by atoms with Crippen LogP contribution in [0.2, 0.25) is 0 Å². The van der Waals surface area contributed by atoms with Crippen LogP contribution in [0.5, 0.6) is 0 Å². The number of aliphatic carboxylic acids is 1. The van der Waals surface area contributed by atoms with E-state index in [2.05, 4.69) is 16.0 Å². The lowest BCUT2D eigenvalue weighted by molar-refractivity contribution is -0.144. The third-order valence-corrected chi connectivity index (χ3v) is 5.63. The van der Waals surface area contributed by atoms with Gasteiger partial charge in [0.25, 0.3) is 0 Å². The molecule has 0 saturated heterocycles. The van der Waals surface area contributed by atoms with Crippen LogP contribution >= 0.6 is 0 Å². The highest BCUT2D eigenvalue weighted by Crippen LogP contribution is 2.13. The van der Waals surface area contributed by atoms with E-state index in [4.69, 9.17) is 11.5 Å². The average Bonchev–Trinajstić information content (AvgIpc) is 2.72. The van der Waals surface area contributed by atoms with E-state index >= 15 is 0 Å². The van der Waals surface area contributed by atoms with Crippen molar-refractivity contribution in [2.75, 3.05) is 0 Å². The molecule has 0 aromatic rings. The third-order valence-electron chi connectivity index (χ3n) is 5.63. The normalized spacial score (nSPS) is 16.8. The van der Waals surface area contributed by atoms with Gasteiger partial charge in [-0.05, 0) is 17.8 Å². The Balaban J connectivity index is 5.64. The number of rotatable bonds is 14. The molecule has 8 N–H and O–H groups in total. The van der Waals surface area contributed by atoms with E-state index in [0.29, 0.717) is 12.8 Å². The largest absolute Gasteiger partial charge is 0.480 e. The number of primary amides is 1. The Morgan fingerprint density at radius 3 is 1.66 bits per heavy atom. The zero-order valence-electron chi connectivity index (χ0n) is 19.8. The van der Waals surface area contributed by atoms with Crippen LogP contribution in [-0.2, 0) is 24.0 Å². The SMILES string of the molecule is CCC(C)C(NC(=O)C(NC(=O)C(CC(N)=O)NC(=O)C(N)C(C)C)C(C)CC)C(=O)O. The van der Waals surface area contributed by atoms with E-state index in [1.54, 1.807) is 34.6 Å². The van der Waals surface area contributed by atoms with Crippen LogP contribution in [0.15, 0.2) is 0 Å². The molecular formula is C21H39N5O6. The Kier molecular flexibility index (Phi) is 12.5. The minimum Gasteiger partial charge on any atom is -0.480 e. The maximum Gasteiger partial charge on any atom is 0.326 e. The second-order valence-corrected chi connectivity index (χ2v) is 8.58. The van der Waals surface area contributed by atoms with Gasteiger partial charge < -0.3 is 32.5 Å². The summed E-state index contributed by atoms with van der Waals surface area (Å²) in [6.07, 6.45) is 0.548. The van der Waals surface area contributed by atoms with Gasteiger partial charge in [0.05, 0.1) is 12.5 Å². The average molecular weight is 458 g/mol. The van der Waals surface area contributed by atoms with Crippen molar-refractivity contribution in [1.82, 2.24) is 16.0 Å². The van der Waals surface area contributed by atoms with Gasteiger partial charge in [0, 0.05) is 0 Å². The molecule has 11 heteroatoms. The molecule has 4 amide bonds. The summed E-state index contributed by atoms with van der Waals surface area (Å²) in [6, 6.07) is -4.43. The summed E-state index contributed by atoms with van der Waals surface area (Å²) < 4.78 is 0. The summed E-state index contributed by atoms with van der Waals surface area (Å²) in [4.78, 5) is 61.1. The van der Waals surface area contributed by atoms with Crippen LogP contribution < -0.4 is 27.4 Å². The van der Waals surface area contributed by atoms with Gasteiger partial charge in [-0.25, -0.2) is 4.79 Å². The maximum atomic E-state index is 12.9. The van der Waals surface area contributed by atoms with Crippen molar-refractivity contribution in [3.63, 3.8) is 0 Å². The molecule has 0 aliphatic carbocycles. The Bertz CT molecular complexity index is 684. The number of nitrogens with two attached hydrogens (primary N) is 2. The van der Waals surface area contributed by atoms with Crippen LogP contribution in [0.25, 0.3) is 0 Å². The van der Waals surface area contributed by atoms with Crippen molar-refractivity contribution in [3.8, 4) is 0 Å². The highest BCUT2D eigenvalue weighted by atomic mass is 16.4. The molecule has 0 aromatic carbocycles. The standard InChI is InChI=1S/C21H39N5O6/c1-7-11(5)16(20(30)26-17(21(31)32)12(6)8-2)25-18(28)13(9-14(22)27)24-19(29)15(23)10(3)4/h10-13,15-17H,7-9,23H2,1-6H3,(H2,22,27)(H,24,29)(H,25,28)(H,26,30)(H,31,32). The third kappa shape index (κ3) is 9.21. The highest BCUT2D eigenvalue weighted by Gasteiger charge is 2.34. The van der Waals surface area contributed by atoms with Crippen LogP contribution in [-0.4, -0.2) is 58.9 Å². The molecule has 0 fully saturated rings. The van der Waals surface area contributed by atoms with Crippen LogP contribution in [0.3, 0.4) is 0 Å². The number of carboxylic acid groups (broad SMARTS) is 1. The van der Waals surface area contributed by atoms with E-state index < -0.39 is 60.2 Å². The predicted octanol–water partition coefficient (Wildman–Crippen LogP) is -0.524. The summed E-state index contributed by atoms with van der Waals surface area (Å²) in [5, 5.41) is 16.9. The van der Waals surface area contributed by atoms with Gasteiger partial charge in [-0.3, -0.25) is 19.2 Å². The number of hydrogen-bond acceptors (Lipinski definition) is 6. The topological polar surface area (TPSA) is 194 Å². The lowest BCUT2D eigenvalue weighted by Crippen LogP contribution is -2.60. The minimum atomic E-state index is -1.33. The molecule has 0 spiro atoms. The van der Waals surface area contributed by atoms with Gasteiger partial charge in [0.1, 0.15) is 18.1 Å². The molecule has 0 aromatic heterocycles. The van der Waals surface area contributed by atoms with E-state index in [9.17, 15) is 29.1 Å². The summed E-state index contributed by atoms with van der Waals surface area (Å²) in [6.45, 7) is 10.5. The van der Waals surface area contributed by atoms with Crippen molar-refractivity contribution < 1.29 is 29.1 Å². The van der Waals surface area contributed by atoms with Crippen molar-refractivity contribution in [2.45, 2.75) is 85.0 Å². The second-order valence-electron chi connectivity index (χ2n) is 8.58. The molecule has 0 heterocycles. The Morgan fingerprint density at radius 1 is 0.781 bits per heavy atom. The molecule has 0 saturated carbocycles. The number of carbonyl (C=O) groups is 5. The molecule has 0 rings (SSSR count). The molecule has 32 heavy (non-hydrogen) atoms. The Labute approximate surface area is 189 Å². The molecule has 6 unspecified atom stereocenters. The van der Waals surface area contributed by atoms with Crippen molar-refractivity contribution in [3.05, 3.63) is 0 Å². The minimum absolute atomic E-state index is 0.209. The first kappa shape index (κ1) is 29.3. The molecule has 11 nitrogen and oxygen atoms in total. The summed E-state index contributed by atoms with van der Waals surface area (Å²) in [5.41, 5.74) is 11.0. The number of carbonyl (C=O) groups excluding carboxylic acids is 4. The number of hydrogen-bond donors (Lipinski definition) is 6. The zero-order valence-corrected chi connectivity index (χ0v) is 19.8. The van der Waals surface area contributed by atoms with Crippen LogP contribution in [0.4, 0.5) is 0 Å². The molecule has 0 aliphatic heterocycles. The number of amides is 4. The first-order valence-electron chi connectivity index (χ1n) is 10.9. The van der Waals surface area contributed by atoms with Gasteiger partial charge in [-0.2, -0.15) is 0 Å². The fourth-order valence-electron chi connectivity index (χ4n) is 2.86. The van der Waals surface area contributed by atoms with E-state index in [1.165, 1.54) is 0 Å². The van der Waals surface area contributed by atoms with Gasteiger partial charge in [-0.1, -0.05) is 54.4 Å². The smallest absolute Gasteiger partial charge is 0.326 e. The second kappa shape index (κ2) is 13.7. The molecule has 0 radical (unpaired) electrons. The monoisotopic (exact) mass is 457 g/mol. The highest BCUT2D eigenvalue weighted by molar-refractivity contribution is 5.96. The summed E-state index contributed by atoms with van der Waals surface area (Å²) >= 11 is 0. The Morgan fingerprint density at radius 2 is 1.25 bits per heavy atom. The van der Waals surface area contributed by atoms with E-state index in [-0.39, 0.29) is 17.8 Å². The van der Waals surface area contributed by atoms with Crippen LogP contribution in [0.1, 0.15) is 60.8 Å². The molecule has 6 atom stereocenters. The van der Waals surface area contributed by atoms with E-state index in [0.717, 1.165) is 0 Å². The summed E-state index contributed by atoms with van der Waals surface area (Å²) in [5.74, 6) is -4.97.